The molecule has 0 bridgehead atoms. The van der Waals surface area contributed by atoms with Crippen LogP contribution >= 0.6 is 0 Å². The van der Waals surface area contributed by atoms with E-state index in [9.17, 15) is 43.2 Å². The Morgan fingerprint density at radius 2 is 1.13 bits per heavy atom. The number of fused-ring (bicyclic) bond motifs is 1. The summed E-state index contributed by atoms with van der Waals surface area (Å²) in [5.41, 5.74) is -0.285. The van der Waals surface area contributed by atoms with E-state index in [4.69, 9.17) is 25.0 Å². The third-order valence-electron chi connectivity index (χ3n) is 8.63. The highest BCUT2D eigenvalue weighted by atomic mass is 19.4. The lowest BCUT2D eigenvalue weighted by Crippen LogP contribution is -2.36. The van der Waals surface area contributed by atoms with E-state index in [1.807, 2.05) is 0 Å². The van der Waals surface area contributed by atoms with Crippen LogP contribution in [0.15, 0.2) is 18.2 Å². The van der Waals surface area contributed by atoms with E-state index in [1.165, 1.54) is 12.8 Å². The fourth-order valence-corrected chi connectivity index (χ4v) is 6.12. The molecular formula is C34H47F3N8O8. The van der Waals surface area contributed by atoms with E-state index in [1.54, 1.807) is 9.80 Å². The lowest BCUT2D eigenvalue weighted by atomic mass is 10.1. The predicted molar refractivity (Wildman–Crippen MR) is 190 cm³/mol. The Morgan fingerprint density at radius 1 is 0.717 bits per heavy atom. The van der Waals surface area contributed by atoms with Crippen molar-refractivity contribution in [1.29, 1.82) is 0 Å². The molecule has 2 aliphatic rings. The number of alkyl halides is 3. The largest absolute Gasteiger partial charge is 0.478 e. The smallest absolute Gasteiger partial charge is 0.416 e. The van der Waals surface area contributed by atoms with Gasteiger partial charge in [-0.25, -0.2) is 14.8 Å². The molecular weight excluding hydrogens is 705 g/mol. The van der Waals surface area contributed by atoms with Crippen LogP contribution < -0.4 is 24.3 Å². The summed E-state index contributed by atoms with van der Waals surface area (Å²) < 4.78 is 41.5. The zero-order chi connectivity index (χ0) is 38.5. The third kappa shape index (κ3) is 11.0. The second kappa shape index (κ2) is 19.5. The van der Waals surface area contributed by atoms with E-state index in [-0.39, 0.29) is 26.4 Å². The quantitative estimate of drug-likeness (QED) is 0.118. The molecule has 4 heterocycles. The Hall–Kier alpha value is -4.59. The van der Waals surface area contributed by atoms with Gasteiger partial charge in [-0.2, -0.15) is 23.1 Å². The van der Waals surface area contributed by atoms with Gasteiger partial charge in [-0.3, -0.25) is 4.79 Å². The van der Waals surface area contributed by atoms with Crippen LogP contribution in [0.3, 0.4) is 0 Å². The van der Waals surface area contributed by atoms with Crippen LogP contribution in [-0.2, 0) is 11.0 Å². The summed E-state index contributed by atoms with van der Waals surface area (Å²) in [6, 6.07) is 1.82. The molecule has 0 amide bonds. The Kier molecular flexibility index (Phi) is 15.1. The SMILES string of the molecule is CC(=O)Oc1cc(C(F)(F)F)ccc1C(=O)O.OCCN(CCO)c1nc(N2CCCCC2)c2nc(N(CCO)CCO)nc(N3CCCCC3)c2n1. The van der Waals surface area contributed by atoms with E-state index in [0.29, 0.717) is 61.2 Å². The lowest BCUT2D eigenvalue weighted by molar-refractivity contribution is -0.138. The zero-order valence-electron chi connectivity index (χ0n) is 29.6. The van der Waals surface area contributed by atoms with E-state index in [2.05, 4.69) is 14.5 Å². The van der Waals surface area contributed by atoms with Crippen LogP contribution in [0.2, 0.25) is 0 Å². The monoisotopic (exact) mass is 752 g/mol. The number of halogens is 3. The molecule has 3 aromatic rings. The number of aromatic carboxylic acids is 1. The van der Waals surface area contributed by atoms with Gasteiger partial charge in [0.2, 0.25) is 11.9 Å². The Labute approximate surface area is 304 Å². The minimum Gasteiger partial charge on any atom is -0.478 e. The number of carboxylic acid groups (broad SMARTS) is 1. The fraction of sp³-hybridized carbons (Fsp3) is 0.588. The second-order valence-corrected chi connectivity index (χ2v) is 12.5. The predicted octanol–water partition coefficient (Wildman–Crippen LogP) is 2.31. The number of carbonyl (C=O) groups is 2. The summed E-state index contributed by atoms with van der Waals surface area (Å²) in [4.78, 5) is 49.1. The molecule has 2 aliphatic heterocycles. The molecule has 5 N–H and O–H groups in total. The standard InChI is InChI=1S/C24H40N8O4.C10H7F3O4/c33-15-11-31(12-16-34)23-26-20-19(21(27-23)29-7-3-1-4-8-29)25-24(32(13-17-35)14-18-36)28-22(20)30-9-5-2-6-10-30;1-5(14)17-8-4-6(10(11,12)13)2-3-7(8)9(15)16/h33-36H,1-18H2;2-4H,1H3,(H,15,16). The normalized spacial score (nSPS) is 14.8. The minimum atomic E-state index is -4.63. The van der Waals surface area contributed by atoms with Crippen LogP contribution in [-0.4, -0.2) is 136 Å². The maximum Gasteiger partial charge on any atom is 0.416 e. The van der Waals surface area contributed by atoms with Gasteiger partial charge in [0.1, 0.15) is 22.3 Å². The number of nitrogens with zero attached hydrogens (tertiary/aromatic N) is 8. The molecule has 1 aromatic carbocycles. The van der Waals surface area contributed by atoms with E-state index in [0.717, 1.165) is 76.5 Å². The number of hydrogen-bond acceptors (Lipinski definition) is 15. The zero-order valence-corrected chi connectivity index (χ0v) is 29.6. The van der Waals surface area contributed by atoms with Crippen molar-refractivity contribution >= 4 is 46.5 Å². The maximum absolute atomic E-state index is 12.4. The van der Waals surface area contributed by atoms with Crippen molar-refractivity contribution in [2.75, 3.05) is 98.4 Å². The second-order valence-electron chi connectivity index (χ2n) is 12.5. The summed E-state index contributed by atoms with van der Waals surface area (Å²) in [7, 11) is 0. The number of rotatable bonds is 14. The van der Waals surface area contributed by atoms with Gasteiger partial charge in [0.05, 0.1) is 32.0 Å². The average molecular weight is 753 g/mol. The number of carbonyl (C=O) groups excluding carboxylic acids is 1. The van der Waals surface area contributed by atoms with Crippen molar-refractivity contribution in [3.8, 4) is 5.75 Å². The van der Waals surface area contributed by atoms with Crippen molar-refractivity contribution in [3.05, 3.63) is 29.3 Å². The average Bonchev–Trinajstić information content (AvgIpc) is 3.14. The summed E-state index contributed by atoms with van der Waals surface area (Å²) in [6.07, 6.45) is 1.98. The summed E-state index contributed by atoms with van der Waals surface area (Å²) >= 11 is 0. The number of carboxylic acids is 1. The maximum atomic E-state index is 12.4. The molecule has 2 saturated heterocycles. The molecule has 16 nitrogen and oxygen atoms in total. The van der Waals surface area contributed by atoms with Crippen molar-refractivity contribution in [2.45, 2.75) is 51.6 Å². The summed E-state index contributed by atoms with van der Waals surface area (Å²) in [5.74, 6) is -0.649. The first-order valence-electron chi connectivity index (χ1n) is 17.6. The number of benzene rings is 1. The van der Waals surface area contributed by atoms with Crippen LogP contribution in [0.4, 0.5) is 36.7 Å². The highest BCUT2D eigenvalue weighted by molar-refractivity contribution is 5.95. The fourth-order valence-electron chi connectivity index (χ4n) is 6.12. The van der Waals surface area contributed by atoms with Crippen LogP contribution in [0.5, 0.6) is 5.75 Å². The highest BCUT2D eigenvalue weighted by Gasteiger charge is 2.32. The molecule has 0 unspecified atom stereocenters. The Bertz CT molecular complexity index is 1580. The Morgan fingerprint density at radius 3 is 1.47 bits per heavy atom. The number of aliphatic hydroxyl groups is 4. The van der Waals surface area contributed by atoms with Crippen molar-refractivity contribution < 1.29 is 53.0 Å². The molecule has 292 valence electrons. The summed E-state index contributed by atoms with van der Waals surface area (Å²) in [5, 5.41) is 47.3. The number of piperidine rings is 2. The van der Waals surface area contributed by atoms with Gasteiger partial charge in [-0.05, 0) is 56.7 Å². The first kappa shape index (κ1) is 41.2. The molecule has 5 rings (SSSR count). The number of esters is 1. The lowest BCUT2D eigenvalue weighted by Gasteiger charge is -2.33. The molecule has 0 aliphatic carbocycles. The van der Waals surface area contributed by atoms with Gasteiger partial charge in [-0.1, -0.05) is 0 Å². The topological polar surface area (TPSA) is 209 Å². The third-order valence-corrected chi connectivity index (χ3v) is 8.63. The Balaban J connectivity index is 0.000000310. The van der Waals surface area contributed by atoms with Crippen molar-refractivity contribution in [1.82, 2.24) is 19.9 Å². The van der Waals surface area contributed by atoms with E-state index >= 15 is 0 Å². The van der Waals surface area contributed by atoms with Gasteiger partial charge >= 0.3 is 18.1 Å². The number of aromatic nitrogens is 4. The van der Waals surface area contributed by atoms with Crippen LogP contribution in [0.1, 0.15) is 61.4 Å². The molecule has 2 aromatic heterocycles. The van der Waals surface area contributed by atoms with Gasteiger partial charge in [0.25, 0.3) is 0 Å². The number of anilines is 4. The highest BCUT2D eigenvalue weighted by Crippen LogP contribution is 2.35. The van der Waals surface area contributed by atoms with Gasteiger partial charge in [-0.15, -0.1) is 0 Å². The van der Waals surface area contributed by atoms with Crippen molar-refractivity contribution in [2.24, 2.45) is 0 Å². The van der Waals surface area contributed by atoms with Crippen LogP contribution in [0.25, 0.3) is 11.0 Å². The molecule has 0 radical (unpaired) electrons. The molecule has 0 saturated carbocycles. The minimum absolute atomic E-state index is 0.0772. The molecule has 19 heteroatoms. The van der Waals surface area contributed by atoms with Gasteiger partial charge in [0, 0.05) is 59.3 Å². The molecule has 0 spiro atoms. The molecule has 0 atom stereocenters. The number of aliphatic hydroxyl groups excluding tert-OH is 4. The molecule has 2 fully saturated rings. The van der Waals surface area contributed by atoms with Crippen molar-refractivity contribution in [3.63, 3.8) is 0 Å². The van der Waals surface area contributed by atoms with Gasteiger partial charge in [0.15, 0.2) is 11.6 Å². The number of hydrogen-bond donors (Lipinski definition) is 5. The first-order chi connectivity index (χ1) is 25.4. The van der Waals surface area contributed by atoms with Gasteiger partial charge < -0.3 is 49.9 Å². The first-order valence-corrected chi connectivity index (χ1v) is 17.6. The summed E-state index contributed by atoms with van der Waals surface area (Å²) in [6.45, 7) is 5.34. The van der Waals surface area contributed by atoms with E-state index < -0.39 is 35.0 Å². The number of ether oxygens (including phenoxy) is 1. The van der Waals surface area contributed by atoms with Crippen LogP contribution in [0, 0.1) is 0 Å². The molecule has 53 heavy (non-hydrogen) atoms.